The molecule has 1 aromatic carbocycles. The van der Waals surface area contributed by atoms with Gasteiger partial charge < -0.3 is 14.7 Å². The number of halogens is 1. The van der Waals surface area contributed by atoms with Crippen LogP contribution in [0.15, 0.2) is 24.3 Å². The Balaban J connectivity index is 1.45. The van der Waals surface area contributed by atoms with Gasteiger partial charge in [0.25, 0.3) is 0 Å². The van der Waals surface area contributed by atoms with Crippen molar-refractivity contribution in [3.8, 4) is 0 Å². The number of hydrogen-bond donors (Lipinski definition) is 1. The number of nitrogens with zero attached hydrogens (tertiary/aromatic N) is 1. The van der Waals surface area contributed by atoms with Gasteiger partial charge in [-0.3, -0.25) is 9.59 Å². The molecule has 5 nitrogen and oxygen atoms in total. The van der Waals surface area contributed by atoms with Gasteiger partial charge >= 0.3 is 5.97 Å². The van der Waals surface area contributed by atoms with Crippen molar-refractivity contribution < 1.29 is 23.8 Å². The molecule has 1 saturated carbocycles. The van der Waals surface area contributed by atoms with E-state index in [1.807, 2.05) is 6.07 Å². The van der Waals surface area contributed by atoms with Crippen LogP contribution in [-0.2, 0) is 14.3 Å². The highest BCUT2D eigenvalue weighted by Gasteiger charge is 2.59. The van der Waals surface area contributed by atoms with Crippen LogP contribution in [0.5, 0.6) is 0 Å². The van der Waals surface area contributed by atoms with Crippen LogP contribution in [0, 0.1) is 23.1 Å². The SMILES string of the molecule is O=C([C@@H]1CCO[C@H](c2cccc(F)c2)C1)N1C[C@@H]2CC[C@]2(C(=O)O)C1. The molecule has 0 unspecified atom stereocenters. The number of carbonyl (C=O) groups is 2. The lowest BCUT2D eigenvalue weighted by atomic mass is 9.62. The van der Waals surface area contributed by atoms with Gasteiger partial charge in [0, 0.05) is 25.6 Å². The molecule has 3 aliphatic rings. The minimum absolute atomic E-state index is 0.0275. The minimum Gasteiger partial charge on any atom is -0.481 e. The van der Waals surface area contributed by atoms with Crippen molar-refractivity contribution in [2.45, 2.75) is 31.8 Å². The number of rotatable bonds is 3. The maximum absolute atomic E-state index is 13.4. The van der Waals surface area contributed by atoms with E-state index in [1.165, 1.54) is 12.1 Å². The first-order valence-electron chi connectivity index (χ1n) is 8.89. The van der Waals surface area contributed by atoms with Gasteiger partial charge in [0.05, 0.1) is 11.5 Å². The van der Waals surface area contributed by atoms with E-state index >= 15 is 0 Å². The van der Waals surface area contributed by atoms with Crippen molar-refractivity contribution in [2.75, 3.05) is 19.7 Å². The second-order valence-electron chi connectivity index (χ2n) is 7.55. The van der Waals surface area contributed by atoms with E-state index in [-0.39, 0.29) is 29.7 Å². The zero-order valence-electron chi connectivity index (χ0n) is 14.0. The number of hydrogen-bond acceptors (Lipinski definition) is 3. The zero-order valence-corrected chi connectivity index (χ0v) is 14.0. The van der Waals surface area contributed by atoms with Crippen LogP contribution < -0.4 is 0 Å². The Kier molecular flexibility index (Phi) is 4.02. The standard InChI is InChI=1S/C19H22FNO4/c20-15-3-1-2-12(8-15)16-9-13(5-7-25-16)17(22)21-10-14-4-6-19(14,11-21)18(23)24/h1-3,8,13-14,16H,4-7,9-11H2,(H,23,24)/t13-,14+,16+,19+/m1/s1. The summed E-state index contributed by atoms with van der Waals surface area (Å²) in [6, 6.07) is 6.30. The number of aliphatic carboxylic acids is 1. The molecule has 1 N–H and O–H groups in total. The van der Waals surface area contributed by atoms with Crippen molar-refractivity contribution in [1.29, 1.82) is 0 Å². The molecule has 1 aliphatic carbocycles. The van der Waals surface area contributed by atoms with Crippen LogP contribution in [-0.4, -0.2) is 41.6 Å². The smallest absolute Gasteiger partial charge is 0.311 e. The highest BCUT2D eigenvalue weighted by atomic mass is 19.1. The highest BCUT2D eigenvalue weighted by Crippen LogP contribution is 2.52. The van der Waals surface area contributed by atoms with Crippen LogP contribution in [0.2, 0.25) is 0 Å². The summed E-state index contributed by atoms with van der Waals surface area (Å²) < 4.78 is 19.2. The summed E-state index contributed by atoms with van der Waals surface area (Å²) >= 11 is 0. The second kappa shape index (κ2) is 6.09. The van der Waals surface area contributed by atoms with E-state index in [1.54, 1.807) is 11.0 Å². The van der Waals surface area contributed by atoms with Crippen molar-refractivity contribution >= 4 is 11.9 Å². The summed E-state index contributed by atoms with van der Waals surface area (Å²) in [6.45, 7) is 1.33. The third-order valence-corrected chi connectivity index (χ3v) is 6.23. The highest BCUT2D eigenvalue weighted by molar-refractivity contribution is 5.83. The average molecular weight is 347 g/mol. The van der Waals surface area contributed by atoms with E-state index < -0.39 is 11.4 Å². The summed E-state index contributed by atoms with van der Waals surface area (Å²) in [5, 5.41) is 9.53. The number of likely N-dealkylation sites (tertiary alicyclic amines) is 1. The molecule has 1 aromatic rings. The van der Waals surface area contributed by atoms with Gasteiger partial charge in [0.1, 0.15) is 5.82 Å². The molecule has 134 valence electrons. The summed E-state index contributed by atoms with van der Waals surface area (Å²) in [5.41, 5.74) is 0.0315. The third-order valence-electron chi connectivity index (χ3n) is 6.23. The minimum atomic E-state index is -0.774. The first-order chi connectivity index (χ1) is 12.0. The normalized spacial score (nSPS) is 34.3. The molecule has 0 bridgehead atoms. The van der Waals surface area contributed by atoms with Crippen molar-refractivity contribution in [3.05, 3.63) is 35.6 Å². The molecule has 0 radical (unpaired) electrons. The van der Waals surface area contributed by atoms with Gasteiger partial charge in [-0.15, -0.1) is 0 Å². The predicted molar refractivity (Wildman–Crippen MR) is 87.2 cm³/mol. The maximum atomic E-state index is 13.4. The second-order valence-corrected chi connectivity index (χ2v) is 7.55. The molecule has 1 amide bonds. The molecule has 4 rings (SSSR count). The quantitative estimate of drug-likeness (QED) is 0.913. The summed E-state index contributed by atoms with van der Waals surface area (Å²) in [6.07, 6.45) is 2.41. The molecule has 2 aliphatic heterocycles. The molecule has 25 heavy (non-hydrogen) atoms. The lowest BCUT2D eigenvalue weighted by Crippen LogP contribution is -2.46. The van der Waals surface area contributed by atoms with Gasteiger partial charge in [-0.25, -0.2) is 4.39 Å². The maximum Gasteiger partial charge on any atom is 0.311 e. The molecular formula is C19H22FNO4. The molecule has 2 heterocycles. The Bertz CT molecular complexity index is 708. The predicted octanol–water partition coefficient (Wildman–Crippen LogP) is 2.62. The third kappa shape index (κ3) is 2.72. The lowest BCUT2D eigenvalue weighted by Gasteiger charge is -2.39. The van der Waals surface area contributed by atoms with Crippen molar-refractivity contribution in [3.63, 3.8) is 0 Å². The lowest BCUT2D eigenvalue weighted by molar-refractivity contribution is -0.157. The number of ether oxygens (including phenoxy) is 1. The van der Waals surface area contributed by atoms with Crippen molar-refractivity contribution in [2.24, 2.45) is 17.3 Å². The first-order valence-corrected chi connectivity index (χ1v) is 8.89. The molecule has 0 aromatic heterocycles. The monoisotopic (exact) mass is 347 g/mol. The van der Waals surface area contributed by atoms with Gasteiger partial charge in [0.15, 0.2) is 0 Å². The Hall–Kier alpha value is -1.95. The average Bonchev–Trinajstić information content (AvgIpc) is 2.86. The summed E-state index contributed by atoms with van der Waals surface area (Å²) in [5.74, 6) is -1.16. The fraction of sp³-hybridized carbons (Fsp3) is 0.579. The van der Waals surface area contributed by atoms with Gasteiger partial charge in [-0.1, -0.05) is 12.1 Å². The van der Waals surface area contributed by atoms with Crippen LogP contribution >= 0.6 is 0 Å². The zero-order chi connectivity index (χ0) is 17.6. The Morgan fingerprint density at radius 3 is 2.80 bits per heavy atom. The number of carboxylic acids is 1. The van der Waals surface area contributed by atoms with Crippen LogP contribution in [0.3, 0.4) is 0 Å². The topological polar surface area (TPSA) is 66.8 Å². The fourth-order valence-corrected chi connectivity index (χ4v) is 4.58. The van der Waals surface area contributed by atoms with E-state index in [9.17, 15) is 19.1 Å². The Morgan fingerprint density at radius 2 is 2.16 bits per heavy atom. The van der Waals surface area contributed by atoms with Gasteiger partial charge in [-0.05, 0) is 49.3 Å². The van der Waals surface area contributed by atoms with E-state index in [0.717, 1.165) is 12.0 Å². The van der Waals surface area contributed by atoms with E-state index in [2.05, 4.69) is 0 Å². The largest absolute Gasteiger partial charge is 0.481 e. The van der Waals surface area contributed by atoms with E-state index in [4.69, 9.17) is 4.74 Å². The Morgan fingerprint density at radius 1 is 1.32 bits per heavy atom. The molecular weight excluding hydrogens is 325 g/mol. The van der Waals surface area contributed by atoms with Crippen LogP contribution in [0.4, 0.5) is 4.39 Å². The molecule has 0 spiro atoms. The van der Waals surface area contributed by atoms with Crippen molar-refractivity contribution in [1.82, 2.24) is 4.90 Å². The first kappa shape index (κ1) is 16.5. The molecule has 2 saturated heterocycles. The van der Waals surface area contributed by atoms with Gasteiger partial charge in [0.2, 0.25) is 5.91 Å². The molecule has 3 fully saturated rings. The Labute approximate surface area is 145 Å². The summed E-state index contributed by atoms with van der Waals surface area (Å²) in [4.78, 5) is 26.3. The number of carboxylic acid groups (broad SMARTS) is 1. The van der Waals surface area contributed by atoms with Crippen LogP contribution in [0.1, 0.15) is 37.4 Å². The number of carbonyl (C=O) groups excluding carboxylic acids is 1. The number of fused-ring (bicyclic) bond motifs is 1. The summed E-state index contributed by atoms with van der Waals surface area (Å²) in [7, 11) is 0. The number of benzene rings is 1. The van der Waals surface area contributed by atoms with Gasteiger partial charge in [-0.2, -0.15) is 0 Å². The number of amides is 1. The van der Waals surface area contributed by atoms with E-state index in [0.29, 0.717) is 39.0 Å². The van der Waals surface area contributed by atoms with Crippen LogP contribution in [0.25, 0.3) is 0 Å². The fourth-order valence-electron chi connectivity index (χ4n) is 4.58. The molecule has 4 atom stereocenters. The molecule has 6 heteroatoms.